The van der Waals surface area contributed by atoms with E-state index in [1.54, 1.807) is 6.92 Å². The lowest BCUT2D eigenvalue weighted by Crippen LogP contribution is -2.34. The van der Waals surface area contributed by atoms with Crippen LogP contribution in [0.25, 0.3) is 0 Å². The molecule has 0 fully saturated rings. The van der Waals surface area contributed by atoms with Crippen LogP contribution >= 0.6 is 11.6 Å². The van der Waals surface area contributed by atoms with Crippen molar-refractivity contribution in [3.05, 3.63) is 56.8 Å². The Hall–Kier alpha value is -2.33. The molecular weight excluding hydrogens is 363 g/mol. The minimum Gasteiger partial charge on any atom is -0.399 e. The quantitative estimate of drug-likeness (QED) is 0.373. The maximum absolute atomic E-state index is 13.8. The van der Waals surface area contributed by atoms with Crippen LogP contribution in [0.2, 0.25) is 5.02 Å². The summed E-state index contributed by atoms with van der Waals surface area (Å²) in [5.74, 6) is 0. The van der Waals surface area contributed by atoms with Crippen molar-refractivity contribution in [1.29, 1.82) is 0 Å². The SMILES string of the molecule is CC1=C(N)C=CC(N=Nc2ccc([N+](=O)[O-])cc2Cl)(S(=O)(=O)F)C1. The van der Waals surface area contributed by atoms with E-state index in [4.69, 9.17) is 17.3 Å². The maximum atomic E-state index is 13.8. The molecule has 1 aliphatic rings. The van der Waals surface area contributed by atoms with Gasteiger partial charge in [-0.15, -0.1) is 3.89 Å². The maximum Gasteiger partial charge on any atom is 0.334 e. The van der Waals surface area contributed by atoms with Gasteiger partial charge in [0.1, 0.15) is 5.69 Å². The van der Waals surface area contributed by atoms with Crippen LogP contribution in [0.1, 0.15) is 13.3 Å². The van der Waals surface area contributed by atoms with Gasteiger partial charge in [0.05, 0.1) is 9.95 Å². The first kappa shape index (κ1) is 18.0. The number of nitrogens with two attached hydrogens (primary N) is 1. The fourth-order valence-corrected chi connectivity index (χ4v) is 2.99. The van der Waals surface area contributed by atoms with E-state index in [1.165, 1.54) is 12.1 Å². The highest BCUT2D eigenvalue weighted by Crippen LogP contribution is 2.37. The lowest BCUT2D eigenvalue weighted by Gasteiger charge is -2.24. The summed E-state index contributed by atoms with van der Waals surface area (Å²) in [4.78, 5) is 7.76. The van der Waals surface area contributed by atoms with Crippen LogP contribution in [-0.2, 0) is 10.2 Å². The number of nitro benzene ring substituents is 1. The van der Waals surface area contributed by atoms with Gasteiger partial charge in [-0.2, -0.15) is 18.6 Å². The first-order valence-electron chi connectivity index (χ1n) is 6.51. The number of halogens is 2. The number of allylic oxidation sites excluding steroid dienone is 1. The van der Waals surface area contributed by atoms with E-state index in [2.05, 4.69) is 10.2 Å². The molecular formula is C13H12ClFN4O4S. The van der Waals surface area contributed by atoms with Crippen LogP contribution in [-0.4, -0.2) is 18.2 Å². The summed E-state index contributed by atoms with van der Waals surface area (Å²) in [5.41, 5.74) is 6.10. The summed E-state index contributed by atoms with van der Waals surface area (Å²) >= 11 is 5.85. The molecule has 8 nitrogen and oxygen atoms in total. The van der Waals surface area contributed by atoms with Crippen LogP contribution in [0.15, 0.2) is 51.8 Å². The lowest BCUT2D eigenvalue weighted by molar-refractivity contribution is -0.384. The number of benzene rings is 1. The number of azo groups is 1. The molecule has 11 heteroatoms. The molecule has 0 amide bonds. The summed E-state index contributed by atoms with van der Waals surface area (Å²) in [5, 5.41) is 17.8. The minimum absolute atomic E-state index is 0.0288. The molecule has 1 aliphatic carbocycles. The number of nitro groups is 1. The number of hydrogen-bond donors (Lipinski definition) is 1. The summed E-state index contributed by atoms with van der Waals surface area (Å²) in [6.45, 7) is 1.55. The van der Waals surface area contributed by atoms with Gasteiger partial charge in [-0.05, 0) is 30.7 Å². The molecule has 1 unspecified atom stereocenters. The molecule has 0 radical (unpaired) electrons. The molecule has 0 bridgehead atoms. The zero-order valence-electron chi connectivity index (χ0n) is 12.3. The second-order valence-corrected chi connectivity index (χ2v) is 7.11. The van der Waals surface area contributed by atoms with Crippen molar-refractivity contribution in [3.63, 3.8) is 0 Å². The smallest absolute Gasteiger partial charge is 0.334 e. The predicted molar refractivity (Wildman–Crippen MR) is 86.0 cm³/mol. The fraction of sp³-hybridized carbons (Fsp3) is 0.231. The second-order valence-electron chi connectivity index (χ2n) is 5.12. The molecule has 0 spiro atoms. The Kier molecular flexibility index (Phi) is 4.72. The Morgan fingerprint density at radius 3 is 2.62 bits per heavy atom. The van der Waals surface area contributed by atoms with Crippen LogP contribution in [0.4, 0.5) is 15.3 Å². The Bertz CT molecular complexity index is 897. The average molecular weight is 375 g/mol. The lowest BCUT2D eigenvalue weighted by atomic mass is 10.00. The van der Waals surface area contributed by atoms with Gasteiger partial charge in [-0.3, -0.25) is 10.1 Å². The second kappa shape index (κ2) is 6.29. The Morgan fingerprint density at radius 2 is 2.12 bits per heavy atom. The summed E-state index contributed by atoms with van der Waals surface area (Å²) in [7, 11) is -5.14. The minimum atomic E-state index is -5.14. The van der Waals surface area contributed by atoms with Gasteiger partial charge >= 0.3 is 10.2 Å². The highest BCUT2D eigenvalue weighted by Gasteiger charge is 2.45. The Balaban J connectivity index is 2.45. The van der Waals surface area contributed by atoms with Gasteiger partial charge in [0, 0.05) is 24.3 Å². The fourth-order valence-electron chi connectivity index (χ4n) is 2.02. The summed E-state index contributed by atoms with van der Waals surface area (Å²) in [6.07, 6.45) is 1.95. The third kappa shape index (κ3) is 3.44. The molecule has 0 aliphatic heterocycles. The zero-order chi connectivity index (χ0) is 18.1. The molecule has 24 heavy (non-hydrogen) atoms. The van der Waals surface area contributed by atoms with Crippen molar-refractivity contribution in [1.82, 2.24) is 0 Å². The standard InChI is InChI=1S/C13H12ClFN4O4S/c1-8-7-13(24(15,22)23,5-4-11(8)16)18-17-12-3-2-9(19(20)21)6-10(12)14/h2-6H,7,16H2,1H3. The van der Waals surface area contributed by atoms with Crippen molar-refractivity contribution >= 4 is 33.2 Å². The summed E-state index contributed by atoms with van der Waals surface area (Å²) < 4.78 is 36.9. The van der Waals surface area contributed by atoms with Crippen LogP contribution in [0.3, 0.4) is 0 Å². The van der Waals surface area contributed by atoms with E-state index in [1.807, 2.05) is 0 Å². The molecule has 1 aromatic rings. The Morgan fingerprint density at radius 1 is 1.46 bits per heavy atom. The third-order valence-corrected chi connectivity index (χ3v) is 4.94. The van der Waals surface area contributed by atoms with E-state index in [0.717, 1.165) is 18.2 Å². The van der Waals surface area contributed by atoms with E-state index in [0.29, 0.717) is 11.3 Å². The van der Waals surface area contributed by atoms with Gasteiger partial charge in [-0.1, -0.05) is 11.6 Å². The number of non-ortho nitro benzene ring substituents is 1. The predicted octanol–water partition coefficient (Wildman–Crippen LogP) is 3.52. The number of hydrogen-bond acceptors (Lipinski definition) is 7. The van der Waals surface area contributed by atoms with Crippen molar-refractivity contribution in [2.45, 2.75) is 18.2 Å². The van der Waals surface area contributed by atoms with Crippen LogP contribution < -0.4 is 5.73 Å². The molecule has 0 heterocycles. The van der Waals surface area contributed by atoms with Gasteiger partial charge in [0.2, 0.25) is 4.87 Å². The van der Waals surface area contributed by atoms with Crippen molar-refractivity contribution in [3.8, 4) is 0 Å². The third-order valence-electron chi connectivity index (χ3n) is 3.43. The van der Waals surface area contributed by atoms with E-state index < -0.39 is 20.0 Å². The average Bonchev–Trinajstić information content (AvgIpc) is 2.48. The molecule has 2 N–H and O–H groups in total. The first-order chi connectivity index (χ1) is 11.1. The molecule has 128 valence electrons. The van der Waals surface area contributed by atoms with Crippen molar-refractivity contribution in [2.24, 2.45) is 16.0 Å². The van der Waals surface area contributed by atoms with Crippen LogP contribution in [0.5, 0.6) is 0 Å². The molecule has 1 atom stereocenters. The largest absolute Gasteiger partial charge is 0.399 e. The number of rotatable bonds is 4. The zero-order valence-corrected chi connectivity index (χ0v) is 13.9. The van der Waals surface area contributed by atoms with Crippen molar-refractivity contribution < 1.29 is 17.2 Å². The highest BCUT2D eigenvalue weighted by molar-refractivity contribution is 7.88. The molecule has 1 aromatic carbocycles. The normalized spacial score (nSPS) is 21.5. The van der Waals surface area contributed by atoms with Crippen molar-refractivity contribution in [2.75, 3.05) is 0 Å². The van der Waals surface area contributed by atoms with Crippen LogP contribution in [0, 0.1) is 10.1 Å². The van der Waals surface area contributed by atoms with E-state index >= 15 is 0 Å². The topological polar surface area (TPSA) is 128 Å². The van der Waals surface area contributed by atoms with Gasteiger partial charge in [0.15, 0.2) is 0 Å². The molecule has 2 rings (SSSR count). The Labute approximate surface area is 141 Å². The number of nitrogens with zero attached hydrogens (tertiary/aromatic N) is 3. The monoisotopic (exact) mass is 374 g/mol. The molecule has 0 saturated heterocycles. The van der Waals surface area contributed by atoms with Gasteiger partial charge in [0.25, 0.3) is 5.69 Å². The van der Waals surface area contributed by atoms with E-state index in [9.17, 15) is 22.4 Å². The molecule has 0 saturated carbocycles. The van der Waals surface area contributed by atoms with Gasteiger partial charge < -0.3 is 5.73 Å². The summed E-state index contributed by atoms with van der Waals surface area (Å²) in [6, 6.07) is 3.34. The van der Waals surface area contributed by atoms with E-state index in [-0.39, 0.29) is 22.8 Å². The molecule has 0 aromatic heterocycles. The first-order valence-corrected chi connectivity index (χ1v) is 8.27. The van der Waals surface area contributed by atoms with Gasteiger partial charge in [-0.25, -0.2) is 0 Å². The highest BCUT2D eigenvalue weighted by atomic mass is 35.5.